The Morgan fingerprint density at radius 3 is 0.718 bits per heavy atom. The predicted octanol–water partition coefficient (Wildman–Crippen LogP) is 38.4. The minimum atomic E-state index is -0.196. The second-order valence-corrected chi connectivity index (χ2v) is 41.7. The smallest absolute Gasteiger partial charge is 0.145 e. The number of hydrogen-bond acceptors (Lipinski definition) is 6. The number of para-hydroxylation sites is 3. The highest BCUT2D eigenvalue weighted by atomic mass is 16.3. The molecule has 0 atom stereocenters. The van der Waals surface area contributed by atoms with Gasteiger partial charge < -0.3 is 28.0 Å². The summed E-state index contributed by atoms with van der Waals surface area (Å²) < 4.78 is 20.6. The monoisotopic (exact) mass is 1830 g/mol. The Hall–Kier alpha value is -16.8. The van der Waals surface area contributed by atoms with Crippen LogP contribution < -0.4 is 14.7 Å². The molecule has 4 aliphatic rings. The molecule has 0 radical (unpaired) electrons. The summed E-state index contributed by atoms with van der Waals surface area (Å²) in [6.07, 6.45) is 0. The fraction of sp³-hybridized carbons (Fsp3) is 0.118. The number of anilines is 9. The van der Waals surface area contributed by atoms with Crippen molar-refractivity contribution in [2.75, 3.05) is 14.7 Å². The minimum absolute atomic E-state index is 0.0675. The molecule has 3 aromatic heterocycles. The van der Waals surface area contributed by atoms with Gasteiger partial charge in [0.05, 0.1) is 33.2 Å². The van der Waals surface area contributed by atoms with E-state index in [9.17, 15) is 0 Å². The molecule has 6 heteroatoms. The molecule has 0 aliphatic heterocycles. The first-order chi connectivity index (χ1) is 69.1. The molecule has 684 valence electrons. The van der Waals surface area contributed by atoms with Gasteiger partial charge in [0.15, 0.2) is 0 Å². The number of nitrogens with zero attached hydrogens (tertiary/aromatic N) is 3. The Labute approximate surface area is 830 Å². The zero-order valence-corrected chi connectivity index (χ0v) is 81.8. The number of hydrogen-bond donors (Lipinski definition) is 0. The quantitative estimate of drug-likeness (QED) is 0.115. The summed E-state index contributed by atoms with van der Waals surface area (Å²) in [6.45, 7) is 25.6. The van der Waals surface area contributed by atoms with Crippen molar-refractivity contribution in [1.82, 2.24) is 0 Å². The van der Waals surface area contributed by atoms with Crippen LogP contribution in [0.1, 0.15) is 126 Å². The molecule has 0 saturated heterocycles. The van der Waals surface area contributed by atoms with Gasteiger partial charge in [-0.15, -0.1) is 0 Å². The second kappa shape index (κ2) is 33.5. The molecule has 4 aliphatic carbocycles. The van der Waals surface area contributed by atoms with Crippen LogP contribution in [-0.2, 0) is 27.1 Å². The summed E-state index contributed by atoms with van der Waals surface area (Å²) in [7, 11) is 0. The molecular weight excluding hydrogens is 1720 g/mol. The van der Waals surface area contributed by atoms with E-state index in [2.05, 4.69) is 540 Å². The Morgan fingerprint density at radius 2 is 0.415 bits per heavy atom. The molecule has 0 amide bonds. The molecule has 0 fully saturated rings. The predicted molar refractivity (Wildman–Crippen MR) is 596 cm³/mol. The van der Waals surface area contributed by atoms with Crippen LogP contribution in [0.25, 0.3) is 155 Å². The van der Waals surface area contributed by atoms with E-state index >= 15 is 0 Å². The molecule has 20 aromatic carbocycles. The fourth-order valence-electron chi connectivity index (χ4n) is 23.6. The summed E-state index contributed by atoms with van der Waals surface area (Å²) >= 11 is 0. The van der Waals surface area contributed by atoms with Crippen LogP contribution in [0.5, 0.6) is 0 Å². The van der Waals surface area contributed by atoms with Crippen molar-refractivity contribution < 1.29 is 13.3 Å². The summed E-state index contributed by atoms with van der Waals surface area (Å²) in [4.78, 5) is 7.30. The first-order valence-corrected chi connectivity index (χ1v) is 49.7. The average molecular weight is 1830 g/mol. The first kappa shape index (κ1) is 86.8. The van der Waals surface area contributed by atoms with Crippen LogP contribution in [0, 0.1) is 0 Å². The van der Waals surface area contributed by atoms with E-state index in [0.717, 1.165) is 117 Å². The van der Waals surface area contributed by atoms with E-state index in [0.29, 0.717) is 0 Å². The van der Waals surface area contributed by atoms with Crippen LogP contribution in [0.2, 0.25) is 0 Å². The Kier molecular flexibility index (Phi) is 20.5. The van der Waals surface area contributed by atoms with Gasteiger partial charge in [-0.25, -0.2) is 0 Å². The maximum absolute atomic E-state index is 6.91. The highest BCUT2D eigenvalue weighted by molar-refractivity contribution is 6.22. The second-order valence-electron chi connectivity index (χ2n) is 41.7. The van der Waals surface area contributed by atoms with Gasteiger partial charge in [-0.3, -0.25) is 0 Å². The normalized spacial score (nSPS) is 13.8. The Morgan fingerprint density at radius 1 is 0.190 bits per heavy atom. The largest absolute Gasteiger partial charge is 0.455 e. The van der Waals surface area contributed by atoms with E-state index in [1.165, 1.54) is 139 Å². The summed E-state index contributed by atoms with van der Waals surface area (Å²) in [5.41, 5.74) is 46.6. The van der Waals surface area contributed by atoms with E-state index in [1.807, 2.05) is 0 Å². The van der Waals surface area contributed by atoms with Crippen LogP contribution in [0.4, 0.5) is 51.2 Å². The molecule has 0 bridgehead atoms. The average Bonchev–Trinajstić information content (AvgIpc) is 1.54. The van der Waals surface area contributed by atoms with Crippen molar-refractivity contribution in [2.45, 2.75) is 103 Å². The lowest BCUT2D eigenvalue weighted by Gasteiger charge is -2.30. The maximum Gasteiger partial charge on any atom is 0.145 e. The highest BCUT2D eigenvalue weighted by Gasteiger charge is 2.45. The lowest BCUT2D eigenvalue weighted by atomic mass is 9.81. The lowest BCUT2D eigenvalue weighted by molar-refractivity contribution is 0.590. The number of furan rings is 3. The molecule has 0 unspecified atom stereocenters. The van der Waals surface area contributed by atoms with Gasteiger partial charge in [0.2, 0.25) is 0 Å². The zero-order chi connectivity index (χ0) is 96.2. The van der Waals surface area contributed by atoms with Gasteiger partial charge in [-0.2, -0.15) is 0 Å². The molecule has 27 rings (SSSR count). The third kappa shape index (κ3) is 14.1. The summed E-state index contributed by atoms with van der Waals surface area (Å²) in [6, 6.07) is 163. The van der Waals surface area contributed by atoms with E-state index in [-0.39, 0.29) is 27.1 Å². The van der Waals surface area contributed by atoms with Crippen LogP contribution in [-0.4, -0.2) is 0 Å². The van der Waals surface area contributed by atoms with Gasteiger partial charge in [-0.05, 0) is 237 Å². The lowest BCUT2D eigenvalue weighted by Crippen LogP contribution is -2.18. The summed E-state index contributed by atoms with van der Waals surface area (Å²) in [5, 5.41) is 6.79. The molecule has 0 spiro atoms. The van der Waals surface area contributed by atoms with Crippen molar-refractivity contribution in [3.05, 3.63) is 499 Å². The first-order valence-electron chi connectivity index (χ1n) is 49.7. The number of fused-ring (bicyclic) bond motifs is 24. The van der Waals surface area contributed by atoms with Gasteiger partial charge in [0, 0.05) is 88.6 Å². The highest BCUT2D eigenvalue weighted by Crippen LogP contribution is 2.62. The Bertz CT molecular complexity index is 8800. The van der Waals surface area contributed by atoms with Crippen LogP contribution in [0.15, 0.2) is 462 Å². The third-order valence-electron chi connectivity index (χ3n) is 31.0. The molecule has 3 heterocycles. The standard InChI is InChI=1S/C48H37NO.C45H33NO.C43H37NO/c1-47(2)38-19-11-8-16-34(38)35-27-26-33(28-40(35)47)49(32-24-22-31(23-25-32)30-14-6-5-7-15-30)42-29-41-44(36-17-9-12-20-39(36)48(41,3)4)46-45(42)37-18-10-13-21-43(37)50-46;1-45(2)38-19-11-9-17-36(38)42-39(45)29-40(43-37-18-10-12-20-41(37)47-44(42)43)46(34-25-21-32(22-26-34)30-13-5-3-6-14-30)35-27-23-33(24-28-35)31-15-7-4-8-16-31;1-42(2,3)30-21-25-32(26-22-30)44(31-23-19-29(20-24-31)28-13-7-6-8-14-28)37-27-36-39(33-15-9-11-17-35(33)43(36,4)5)41-40(37)34-16-10-12-18-38(34)45-41/h5-29H,1-4H3;3-29H,1-2H3;6-27H,1-5H3. The van der Waals surface area contributed by atoms with Gasteiger partial charge in [0.1, 0.15) is 33.5 Å². The van der Waals surface area contributed by atoms with Crippen molar-refractivity contribution >= 4 is 117 Å². The van der Waals surface area contributed by atoms with Crippen LogP contribution in [0.3, 0.4) is 0 Å². The fourth-order valence-corrected chi connectivity index (χ4v) is 23.6. The molecule has 0 saturated carbocycles. The maximum atomic E-state index is 6.91. The van der Waals surface area contributed by atoms with E-state index in [1.54, 1.807) is 0 Å². The third-order valence-corrected chi connectivity index (χ3v) is 31.0. The SMILES string of the molecule is CC(C)(C)c1ccc(N(c2ccc(-c3ccccc3)cc2)c2cc3c(c4oc5ccccc5c24)-c2ccccc2C3(C)C)cc1.CC1(C)c2ccccc2-c2c1cc(N(c1ccc(-c3ccccc3)cc1)c1ccc(-c3ccccc3)cc1)c1c2oc2ccccc21.CC1(C)c2ccccc2-c2ccc(N(c3ccc(-c4ccccc4)cc3)c3cc4c(c5oc6ccccc6c35)-c3ccccc3C4(C)C)cc21. The van der Waals surface area contributed by atoms with Gasteiger partial charge in [-0.1, -0.05) is 416 Å². The number of rotatable bonds is 13. The molecular formula is C136H107N3O3. The molecule has 142 heavy (non-hydrogen) atoms. The van der Waals surface area contributed by atoms with Crippen molar-refractivity contribution in [2.24, 2.45) is 0 Å². The molecule has 23 aromatic rings. The minimum Gasteiger partial charge on any atom is -0.455 e. The molecule has 0 N–H and O–H groups in total. The van der Waals surface area contributed by atoms with Crippen molar-refractivity contribution in [3.8, 4) is 89.0 Å². The van der Waals surface area contributed by atoms with Gasteiger partial charge >= 0.3 is 0 Å². The van der Waals surface area contributed by atoms with Crippen molar-refractivity contribution in [1.29, 1.82) is 0 Å². The summed E-state index contributed by atoms with van der Waals surface area (Å²) in [5.74, 6) is 0. The molecule has 6 nitrogen and oxygen atoms in total. The van der Waals surface area contributed by atoms with E-state index in [4.69, 9.17) is 13.3 Å². The van der Waals surface area contributed by atoms with Gasteiger partial charge in [0.25, 0.3) is 0 Å². The van der Waals surface area contributed by atoms with Crippen LogP contribution >= 0.6 is 0 Å². The van der Waals surface area contributed by atoms with Crippen molar-refractivity contribution in [3.63, 3.8) is 0 Å². The Balaban J connectivity index is 0.000000112. The number of benzene rings is 20. The van der Waals surface area contributed by atoms with E-state index < -0.39 is 0 Å². The zero-order valence-electron chi connectivity index (χ0n) is 81.8. The topological polar surface area (TPSA) is 49.1 Å².